The molecule has 0 amide bonds. The van der Waals surface area contributed by atoms with Crippen LogP contribution in [0.25, 0.3) is 11.1 Å². The van der Waals surface area contributed by atoms with E-state index in [9.17, 15) is 10.2 Å². The normalized spacial score (nSPS) is 10.5. The van der Waals surface area contributed by atoms with Crippen molar-refractivity contribution in [3.63, 3.8) is 0 Å². The maximum absolute atomic E-state index is 9.94. The maximum Gasteiger partial charge on any atom is 0.142 e. The first-order valence-electron chi connectivity index (χ1n) is 5.40. The number of rotatable bonds is 2. The summed E-state index contributed by atoms with van der Waals surface area (Å²) in [7, 11) is 0. The molecule has 0 atom stereocenters. The molecule has 0 heterocycles. The number of hydrogen-bond donors (Lipinski definition) is 3. The smallest absolute Gasteiger partial charge is 0.142 e. The summed E-state index contributed by atoms with van der Waals surface area (Å²) in [5.41, 5.74) is 1.57. The molecule has 0 aliphatic carbocycles. The first kappa shape index (κ1) is 12.5. The minimum atomic E-state index is -0.245. The Balaban J connectivity index is 2.62. The van der Waals surface area contributed by atoms with Gasteiger partial charge < -0.3 is 15.4 Å². The minimum Gasteiger partial charge on any atom is -0.508 e. The fourth-order valence-corrected chi connectivity index (χ4v) is 1.77. The second-order valence-corrected chi connectivity index (χ2v) is 3.83. The molecule has 0 aromatic heterocycles. The zero-order valence-corrected chi connectivity index (χ0v) is 9.78. The average molecular weight is 254 g/mol. The standard InChI is InChI=1S/C14H10N2O3/c15-7-13-12(9-1-4-11(17)5-2-9)6-3-10(8-16-19)14(13)18/h1-6,8,17-19H/b16-8+. The molecule has 19 heavy (non-hydrogen) atoms. The Labute approximate surface area is 109 Å². The van der Waals surface area contributed by atoms with E-state index in [0.29, 0.717) is 11.1 Å². The highest BCUT2D eigenvalue weighted by atomic mass is 16.4. The average Bonchev–Trinajstić information content (AvgIpc) is 2.42. The lowest BCUT2D eigenvalue weighted by Gasteiger charge is -2.08. The Morgan fingerprint density at radius 1 is 1.05 bits per heavy atom. The summed E-state index contributed by atoms with van der Waals surface area (Å²) in [5.74, 6) is -0.124. The van der Waals surface area contributed by atoms with Crippen molar-refractivity contribution in [3.05, 3.63) is 47.5 Å². The van der Waals surface area contributed by atoms with Gasteiger partial charge in [0, 0.05) is 11.1 Å². The molecule has 2 rings (SSSR count). The second kappa shape index (κ2) is 5.10. The Hall–Kier alpha value is -3.00. The van der Waals surface area contributed by atoms with Crippen LogP contribution in [0.1, 0.15) is 11.1 Å². The van der Waals surface area contributed by atoms with Crippen molar-refractivity contribution in [2.75, 3.05) is 0 Å². The molecule has 5 nitrogen and oxygen atoms in total. The van der Waals surface area contributed by atoms with Crippen molar-refractivity contribution >= 4 is 6.21 Å². The number of aromatic hydroxyl groups is 2. The molecular formula is C14H10N2O3. The molecule has 0 aliphatic rings. The van der Waals surface area contributed by atoms with Gasteiger partial charge in [-0.05, 0) is 23.8 Å². The van der Waals surface area contributed by atoms with Crippen molar-refractivity contribution in [1.82, 2.24) is 0 Å². The van der Waals surface area contributed by atoms with Crippen molar-refractivity contribution in [1.29, 1.82) is 5.26 Å². The maximum atomic E-state index is 9.94. The molecule has 0 aliphatic heterocycles. The van der Waals surface area contributed by atoms with Gasteiger partial charge in [-0.25, -0.2) is 0 Å². The number of nitrogens with zero attached hydrogens (tertiary/aromatic N) is 2. The van der Waals surface area contributed by atoms with Crippen molar-refractivity contribution in [2.24, 2.45) is 5.16 Å². The van der Waals surface area contributed by atoms with Gasteiger partial charge in [0.2, 0.25) is 0 Å². The van der Waals surface area contributed by atoms with E-state index in [1.54, 1.807) is 18.2 Å². The van der Waals surface area contributed by atoms with Crippen LogP contribution in [0, 0.1) is 11.3 Å². The molecule has 0 spiro atoms. The molecule has 2 aromatic carbocycles. The van der Waals surface area contributed by atoms with Crippen molar-refractivity contribution in [2.45, 2.75) is 0 Å². The number of nitriles is 1. The van der Waals surface area contributed by atoms with Crippen LogP contribution >= 0.6 is 0 Å². The van der Waals surface area contributed by atoms with Gasteiger partial charge in [0.25, 0.3) is 0 Å². The highest BCUT2D eigenvalue weighted by Crippen LogP contribution is 2.32. The lowest BCUT2D eigenvalue weighted by molar-refractivity contribution is 0.321. The number of oxime groups is 1. The van der Waals surface area contributed by atoms with Crippen LogP contribution in [0.5, 0.6) is 11.5 Å². The Bertz CT molecular complexity index is 670. The van der Waals surface area contributed by atoms with E-state index in [1.807, 2.05) is 6.07 Å². The number of phenols is 2. The van der Waals surface area contributed by atoms with Crippen molar-refractivity contribution < 1.29 is 15.4 Å². The molecule has 0 saturated heterocycles. The molecule has 5 heteroatoms. The van der Waals surface area contributed by atoms with E-state index >= 15 is 0 Å². The Morgan fingerprint density at radius 2 is 1.74 bits per heavy atom. The van der Waals surface area contributed by atoms with E-state index in [-0.39, 0.29) is 22.6 Å². The fourth-order valence-electron chi connectivity index (χ4n) is 1.77. The Morgan fingerprint density at radius 3 is 2.32 bits per heavy atom. The summed E-state index contributed by atoms with van der Waals surface area (Å²) in [6.07, 6.45) is 1.05. The summed E-state index contributed by atoms with van der Waals surface area (Å²) in [6.45, 7) is 0. The van der Waals surface area contributed by atoms with Crippen LogP contribution in [0.2, 0.25) is 0 Å². The summed E-state index contributed by atoms with van der Waals surface area (Å²) >= 11 is 0. The monoisotopic (exact) mass is 254 g/mol. The molecule has 3 N–H and O–H groups in total. The third-order valence-corrected chi connectivity index (χ3v) is 2.70. The van der Waals surface area contributed by atoms with Gasteiger partial charge in [-0.2, -0.15) is 5.26 Å². The first-order chi connectivity index (χ1) is 9.17. The quantitative estimate of drug-likeness (QED) is 0.435. The van der Waals surface area contributed by atoms with Gasteiger partial charge in [0.1, 0.15) is 23.1 Å². The molecule has 2 aromatic rings. The summed E-state index contributed by atoms with van der Waals surface area (Å²) < 4.78 is 0. The molecule has 0 fully saturated rings. The molecule has 94 valence electrons. The predicted octanol–water partition coefficient (Wildman–Crippen LogP) is 2.44. The summed E-state index contributed by atoms with van der Waals surface area (Å²) in [6, 6.07) is 11.4. The van der Waals surface area contributed by atoms with E-state index < -0.39 is 0 Å². The van der Waals surface area contributed by atoms with Crippen LogP contribution < -0.4 is 0 Å². The van der Waals surface area contributed by atoms with E-state index in [4.69, 9.17) is 10.5 Å². The first-order valence-corrected chi connectivity index (χ1v) is 5.40. The highest BCUT2D eigenvalue weighted by molar-refractivity contribution is 5.88. The van der Waals surface area contributed by atoms with Gasteiger partial charge in [-0.3, -0.25) is 0 Å². The van der Waals surface area contributed by atoms with Gasteiger partial charge in [-0.15, -0.1) is 0 Å². The third kappa shape index (κ3) is 2.33. The van der Waals surface area contributed by atoms with Crippen LogP contribution in [0.4, 0.5) is 0 Å². The number of phenolic OH excluding ortho intramolecular Hbond substituents is 2. The number of benzene rings is 2. The van der Waals surface area contributed by atoms with E-state index in [1.165, 1.54) is 18.2 Å². The Kier molecular flexibility index (Phi) is 3.35. The molecular weight excluding hydrogens is 244 g/mol. The van der Waals surface area contributed by atoms with Gasteiger partial charge in [0.05, 0.1) is 6.21 Å². The predicted molar refractivity (Wildman–Crippen MR) is 69.3 cm³/mol. The molecule has 0 unspecified atom stereocenters. The largest absolute Gasteiger partial charge is 0.508 e. The van der Waals surface area contributed by atoms with E-state index in [2.05, 4.69) is 5.16 Å². The van der Waals surface area contributed by atoms with Gasteiger partial charge in [0.15, 0.2) is 0 Å². The number of hydrogen-bond acceptors (Lipinski definition) is 5. The lowest BCUT2D eigenvalue weighted by Crippen LogP contribution is -1.91. The van der Waals surface area contributed by atoms with Crippen molar-refractivity contribution in [3.8, 4) is 28.7 Å². The van der Waals surface area contributed by atoms with Crippen LogP contribution in [0.15, 0.2) is 41.6 Å². The van der Waals surface area contributed by atoms with Crippen LogP contribution in [-0.4, -0.2) is 21.6 Å². The lowest BCUT2D eigenvalue weighted by atomic mass is 9.97. The molecule has 0 bridgehead atoms. The van der Waals surface area contributed by atoms with Crippen LogP contribution in [-0.2, 0) is 0 Å². The minimum absolute atomic E-state index is 0.0862. The van der Waals surface area contributed by atoms with Gasteiger partial charge >= 0.3 is 0 Å². The topological polar surface area (TPSA) is 96.8 Å². The summed E-state index contributed by atoms with van der Waals surface area (Å²) in [4.78, 5) is 0. The van der Waals surface area contributed by atoms with Gasteiger partial charge in [-0.1, -0.05) is 23.4 Å². The fraction of sp³-hybridized carbons (Fsp3) is 0. The molecule has 0 saturated carbocycles. The van der Waals surface area contributed by atoms with E-state index in [0.717, 1.165) is 6.21 Å². The third-order valence-electron chi connectivity index (χ3n) is 2.70. The zero-order chi connectivity index (χ0) is 13.8. The van der Waals surface area contributed by atoms with Crippen LogP contribution in [0.3, 0.4) is 0 Å². The molecule has 0 radical (unpaired) electrons. The summed E-state index contributed by atoms with van der Waals surface area (Å²) in [5, 5.41) is 39.6. The zero-order valence-electron chi connectivity index (χ0n) is 9.78. The SMILES string of the molecule is N#Cc1c(-c2ccc(O)cc2)ccc(/C=N/O)c1O. The highest BCUT2D eigenvalue weighted by Gasteiger charge is 2.13. The second-order valence-electron chi connectivity index (χ2n) is 3.83.